The van der Waals surface area contributed by atoms with Crippen molar-refractivity contribution in [2.75, 3.05) is 5.73 Å². The summed E-state index contributed by atoms with van der Waals surface area (Å²) in [6.07, 6.45) is 0. The highest BCUT2D eigenvalue weighted by Gasteiger charge is 2.19. The largest absolute Gasteiger partial charge is 0.383 e. The first-order valence-corrected chi connectivity index (χ1v) is 7.09. The maximum Gasteiger partial charge on any atom is 0.143 e. The van der Waals surface area contributed by atoms with Gasteiger partial charge in [-0.3, -0.25) is 0 Å². The third-order valence-electron chi connectivity index (χ3n) is 3.52. The van der Waals surface area contributed by atoms with Gasteiger partial charge in [-0.15, -0.1) is 11.3 Å². The summed E-state index contributed by atoms with van der Waals surface area (Å²) in [6, 6.07) is 12.1. The average Bonchev–Trinajstić information content (AvgIpc) is 2.73. The number of benzene rings is 1. The van der Waals surface area contributed by atoms with Crippen LogP contribution in [0.4, 0.5) is 5.82 Å². The highest BCUT2D eigenvalue weighted by Crippen LogP contribution is 2.40. The third-order valence-corrected chi connectivity index (χ3v) is 4.62. The molecule has 98 valence electrons. The fraction of sp³-hybridized carbons (Fsp3) is 0.125. The van der Waals surface area contributed by atoms with Gasteiger partial charge in [0.1, 0.15) is 22.3 Å². The lowest BCUT2D eigenvalue weighted by Gasteiger charge is -2.09. The number of thiophene rings is 1. The molecule has 3 nitrogen and oxygen atoms in total. The fourth-order valence-electron chi connectivity index (χ4n) is 2.41. The minimum Gasteiger partial charge on any atom is -0.383 e. The Hall–Kier alpha value is -2.38. The smallest absolute Gasteiger partial charge is 0.143 e. The Kier molecular flexibility index (Phi) is 2.92. The average molecular weight is 279 g/mol. The summed E-state index contributed by atoms with van der Waals surface area (Å²) in [6.45, 7) is 4.14. The maximum atomic E-state index is 9.45. The Balaban J connectivity index is 2.53. The van der Waals surface area contributed by atoms with E-state index in [2.05, 4.69) is 24.9 Å². The number of anilines is 1. The lowest BCUT2D eigenvalue weighted by Crippen LogP contribution is -1.98. The minimum absolute atomic E-state index is 0.306. The monoisotopic (exact) mass is 279 g/mol. The van der Waals surface area contributed by atoms with E-state index in [-0.39, 0.29) is 0 Å². The maximum absolute atomic E-state index is 9.45. The van der Waals surface area contributed by atoms with Crippen LogP contribution in [-0.2, 0) is 0 Å². The first-order chi connectivity index (χ1) is 9.63. The molecule has 3 rings (SSSR count). The molecule has 0 aliphatic carbocycles. The molecule has 2 aromatic heterocycles. The highest BCUT2D eigenvalue weighted by molar-refractivity contribution is 7.18. The summed E-state index contributed by atoms with van der Waals surface area (Å²) in [5, 5.41) is 10.5. The molecule has 0 amide bonds. The molecule has 0 atom stereocenters. The number of nitrogens with zero attached hydrogens (tertiary/aromatic N) is 2. The van der Waals surface area contributed by atoms with Crippen LogP contribution in [0, 0.1) is 25.2 Å². The Labute approximate surface area is 121 Å². The van der Waals surface area contributed by atoms with E-state index in [1.807, 2.05) is 30.3 Å². The summed E-state index contributed by atoms with van der Waals surface area (Å²) >= 11 is 1.62. The molecule has 0 fully saturated rings. The number of rotatable bonds is 1. The molecule has 1 aromatic carbocycles. The Morgan fingerprint density at radius 2 is 1.90 bits per heavy atom. The summed E-state index contributed by atoms with van der Waals surface area (Å²) in [4.78, 5) is 6.49. The van der Waals surface area contributed by atoms with Crippen LogP contribution in [0.15, 0.2) is 30.3 Å². The number of hydrogen-bond acceptors (Lipinski definition) is 4. The third kappa shape index (κ3) is 1.75. The summed E-state index contributed by atoms with van der Waals surface area (Å²) < 4.78 is 0. The molecule has 20 heavy (non-hydrogen) atoms. The van der Waals surface area contributed by atoms with Crippen molar-refractivity contribution in [3.8, 4) is 17.2 Å². The molecule has 0 bridgehead atoms. The molecule has 0 saturated carbocycles. The Bertz CT molecular complexity index is 842. The highest BCUT2D eigenvalue weighted by atomic mass is 32.1. The van der Waals surface area contributed by atoms with Crippen LogP contribution in [0.1, 0.15) is 16.0 Å². The molecule has 2 N–H and O–H groups in total. The zero-order chi connectivity index (χ0) is 14.3. The first kappa shape index (κ1) is 12.6. The van der Waals surface area contributed by atoms with Crippen molar-refractivity contribution >= 4 is 27.4 Å². The molecule has 0 spiro atoms. The van der Waals surface area contributed by atoms with Crippen molar-refractivity contribution in [1.82, 2.24) is 4.98 Å². The van der Waals surface area contributed by atoms with E-state index in [1.54, 1.807) is 11.3 Å². The molecule has 4 heteroatoms. The molecule has 3 aromatic rings. The van der Waals surface area contributed by atoms with Crippen LogP contribution in [0.25, 0.3) is 21.3 Å². The van der Waals surface area contributed by atoms with Gasteiger partial charge in [0.25, 0.3) is 0 Å². The van der Waals surface area contributed by atoms with Gasteiger partial charge in [-0.25, -0.2) is 4.98 Å². The lowest BCUT2D eigenvalue weighted by atomic mass is 9.96. The van der Waals surface area contributed by atoms with Crippen molar-refractivity contribution < 1.29 is 0 Å². The number of hydrogen-bond donors (Lipinski definition) is 1. The van der Waals surface area contributed by atoms with Crippen LogP contribution in [0.3, 0.4) is 0 Å². The Morgan fingerprint density at radius 1 is 1.20 bits per heavy atom. The molecule has 2 heterocycles. The predicted molar refractivity (Wildman–Crippen MR) is 83.7 cm³/mol. The van der Waals surface area contributed by atoms with E-state index in [0.29, 0.717) is 11.4 Å². The van der Waals surface area contributed by atoms with Crippen molar-refractivity contribution in [3.05, 3.63) is 46.3 Å². The number of nitrogens with two attached hydrogens (primary N) is 1. The van der Waals surface area contributed by atoms with E-state index in [1.165, 1.54) is 10.4 Å². The van der Waals surface area contributed by atoms with E-state index < -0.39 is 0 Å². The molecular formula is C16H13N3S. The van der Waals surface area contributed by atoms with Gasteiger partial charge in [0, 0.05) is 15.8 Å². The normalized spacial score (nSPS) is 10.7. The van der Waals surface area contributed by atoms with Crippen LogP contribution in [-0.4, -0.2) is 4.98 Å². The zero-order valence-electron chi connectivity index (χ0n) is 11.3. The number of nitriles is 1. The van der Waals surface area contributed by atoms with E-state index in [0.717, 1.165) is 21.3 Å². The predicted octanol–water partition coefficient (Wildman–Crippen LogP) is 4.03. The standard InChI is InChI=1S/C16H13N3S/c1-9-10(2)20-16-13(9)14(11-6-4-3-5-7-11)12(8-17)15(18)19-16/h3-7H,1-2H3,(H2,18,19). The van der Waals surface area contributed by atoms with Gasteiger partial charge in [0.05, 0.1) is 0 Å². The van der Waals surface area contributed by atoms with Gasteiger partial charge in [-0.05, 0) is 25.0 Å². The molecule has 0 aliphatic heterocycles. The van der Waals surface area contributed by atoms with Gasteiger partial charge in [-0.2, -0.15) is 5.26 Å². The SMILES string of the molecule is Cc1sc2nc(N)c(C#N)c(-c3ccccc3)c2c1C. The molecule has 0 aliphatic rings. The number of nitrogen functional groups attached to an aromatic ring is 1. The van der Waals surface area contributed by atoms with Crippen molar-refractivity contribution in [1.29, 1.82) is 5.26 Å². The van der Waals surface area contributed by atoms with Crippen molar-refractivity contribution in [2.24, 2.45) is 0 Å². The first-order valence-electron chi connectivity index (χ1n) is 6.28. The Morgan fingerprint density at radius 3 is 2.55 bits per heavy atom. The van der Waals surface area contributed by atoms with Gasteiger partial charge in [-0.1, -0.05) is 30.3 Å². The van der Waals surface area contributed by atoms with Crippen LogP contribution in [0.2, 0.25) is 0 Å². The van der Waals surface area contributed by atoms with Gasteiger partial charge in [0.15, 0.2) is 0 Å². The van der Waals surface area contributed by atoms with Crippen LogP contribution >= 0.6 is 11.3 Å². The second-order valence-corrected chi connectivity index (χ2v) is 5.89. The van der Waals surface area contributed by atoms with E-state index >= 15 is 0 Å². The fourth-order valence-corrected chi connectivity index (χ4v) is 3.45. The van der Waals surface area contributed by atoms with Crippen molar-refractivity contribution in [2.45, 2.75) is 13.8 Å². The zero-order valence-corrected chi connectivity index (χ0v) is 12.1. The quantitative estimate of drug-likeness (QED) is 0.731. The molecular weight excluding hydrogens is 266 g/mol. The second-order valence-electron chi connectivity index (χ2n) is 4.69. The molecule has 0 saturated heterocycles. The molecule has 0 radical (unpaired) electrons. The minimum atomic E-state index is 0.306. The van der Waals surface area contributed by atoms with E-state index in [4.69, 9.17) is 5.73 Å². The summed E-state index contributed by atoms with van der Waals surface area (Å²) in [5.74, 6) is 0.306. The van der Waals surface area contributed by atoms with Crippen LogP contribution in [0.5, 0.6) is 0 Å². The van der Waals surface area contributed by atoms with Crippen LogP contribution < -0.4 is 5.73 Å². The van der Waals surface area contributed by atoms with E-state index in [9.17, 15) is 5.26 Å². The topological polar surface area (TPSA) is 62.7 Å². The number of aryl methyl sites for hydroxylation is 2. The van der Waals surface area contributed by atoms with Crippen molar-refractivity contribution in [3.63, 3.8) is 0 Å². The van der Waals surface area contributed by atoms with Gasteiger partial charge in [0.2, 0.25) is 0 Å². The summed E-state index contributed by atoms with van der Waals surface area (Å²) in [5.41, 5.74) is 9.51. The summed E-state index contributed by atoms with van der Waals surface area (Å²) in [7, 11) is 0. The number of aromatic nitrogens is 1. The number of pyridine rings is 1. The second kappa shape index (κ2) is 4.62. The molecule has 0 unspecified atom stereocenters. The van der Waals surface area contributed by atoms with Gasteiger partial charge < -0.3 is 5.73 Å². The lowest BCUT2D eigenvalue weighted by molar-refractivity contribution is 1.38. The number of fused-ring (bicyclic) bond motifs is 1. The van der Waals surface area contributed by atoms with Gasteiger partial charge >= 0.3 is 0 Å².